The molecule has 0 saturated heterocycles. The molecule has 5 nitrogen and oxygen atoms in total. The number of benzene rings is 1. The molecule has 1 aliphatic rings. The lowest BCUT2D eigenvalue weighted by molar-refractivity contribution is 0.100. The molecule has 0 bridgehead atoms. The lowest BCUT2D eigenvalue weighted by atomic mass is 10.1. The quantitative estimate of drug-likeness (QED) is 0.553. The molecule has 5 heteroatoms. The van der Waals surface area contributed by atoms with Crippen molar-refractivity contribution >= 4 is 11.6 Å². The van der Waals surface area contributed by atoms with E-state index in [1.807, 2.05) is 13.1 Å². The minimum absolute atomic E-state index is 0.446. The Morgan fingerprint density at radius 2 is 2.20 bits per heavy atom. The zero-order valence-corrected chi connectivity index (χ0v) is 12.0. The van der Waals surface area contributed by atoms with Crippen molar-refractivity contribution in [2.24, 2.45) is 11.7 Å². The Bertz CT molecular complexity index is 472. The van der Waals surface area contributed by atoms with Crippen molar-refractivity contribution in [3.63, 3.8) is 0 Å². The number of hydrogen-bond donors (Lipinski definition) is 2. The minimum Gasteiger partial charge on any atom is -0.398 e. The Morgan fingerprint density at radius 1 is 1.45 bits per heavy atom. The van der Waals surface area contributed by atoms with Crippen LogP contribution in [0.4, 0.5) is 5.69 Å². The Morgan fingerprint density at radius 3 is 2.80 bits per heavy atom. The first-order chi connectivity index (χ1) is 9.56. The number of amides is 1. The largest absolute Gasteiger partial charge is 0.398 e. The van der Waals surface area contributed by atoms with Gasteiger partial charge in [-0.1, -0.05) is 6.07 Å². The summed E-state index contributed by atoms with van der Waals surface area (Å²) < 4.78 is 5.61. The van der Waals surface area contributed by atoms with Crippen molar-refractivity contribution in [1.29, 1.82) is 0 Å². The maximum atomic E-state index is 11.1. The maximum absolute atomic E-state index is 11.1. The van der Waals surface area contributed by atoms with Gasteiger partial charge in [0.2, 0.25) is 5.91 Å². The molecule has 4 N–H and O–H groups in total. The highest BCUT2D eigenvalue weighted by Crippen LogP contribution is 2.28. The summed E-state index contributed by atoms with van der Waals surface area (Å²) in [6.07, 6.45) is 2.64. The Balaban J connectivity index is 1.77. The lowest BCUT2D eigenvalue weighted by Crippen LogP contribution is -2.23. The van der Waals surface area contributed by atoms with Gasteiger partial charge in [-0.05, 0) is 43.5 Å². The number of carbonyl (C=O) groups is 1. The van der Waals surface area contributed by atoms with Crippen molar-refractivity contribution in [3.05, 3.63) is 29.3 Å². The lowest BCUT2D eigenvalue weighted by Gasteiger charge is -2.18. The average Bonchev–Trinajstić information content (AvgIpc) is 3.21. The van der Waals surface area contributed by atoms with Gasteiger partial charge in [-0.3, -0.25) is 9.69 Å². The molecule has 110 valence electrons. The molecule has 1 aliphatic carbocycles. The van der Waals surface area contributed by atoms with Crippen molar-refractivity contribution < 1.29 is 9.53 Å². The third-order valence-electron chi connectivity index (χ3n) is 3.54. The molecule has 0 atom stereocenters. The SMILES string of the molecule is CN(CCOCC1CC1)Cc1ccc(C(N)=O)cc1N. The van der Waals surface area contributed by atoms with Gasteiger partial charge in [0.05, 0.1) is 6.61 Å². The zero-order chi connectivity index (χ0) is 14.5. The number of nitrogens with zero attached hydrogens (tertiary/aromatic N) is 1. The van der Waals surface area contributed by atoms with Gasteiger partial charge in [-0.25, -0.2) is 0 Å². The Hall–Kier alpha value is -1.59. The first-order valence-corrected chi connectivity index (χ1v) is 7.00. The minimum atomic E-state index is -0.454. The van der Waals surface area contributed by atoms with Crippen LogP contribution in [0.5, 0.6) is 0 Å². The van der Waals surface area contributed by atoms with Gasteiger partial charge in [-0.15, -0.1) is 0 Å². The average molecular weight is 277 g/mol. The number of primary amides is 1. The van der Waals surface area contributed by atoms with E-state index in [4.69, 9.17) is 16.2 Å². The summed E-state index contributed by atoms with van der Waals surface area (Å²) >= 11 is 0. The summed E-state index contributed by atoms with van der Waals surface area (Å²) in [5.74, 6) is 0.349. The number of rotatable bonds is 8. The summed E-state index contributed by atoms with van der Waals surface area (Å²) in [5.41, 5.74) is 13.2. The molecule has 0 aliphatic heterocycles. The van der Waals surface area contributed by atoms with Crippen LogP contribution in [0.15, 0.2) is 18.2 Å². The third-order valence-corrected chi connectivity index (χ3v) is 3.54. The topological polar surface area (TPSA) is 81.6 Å². The number of hydrogen-bond acceptors (Lipinski definition) is 4. The number of carbonyl (C=O) groups excluding carboxylic acids is 1. The summed E-state index contributed by atoms with van der Waals surface area (Å²) in [4.78, 5) is 13.2. The van der Waals surface area contributed by atoms with Crippen LogP contribution in [0, 0.1) is 5.92 Å². The van der Waals surface area contributed by atoms with Gasteiger partial charge in [-0.2, -0.15) is 0 Å². The van der Waals surface area contributed by atoms with Gasteiger partial charge in [0, 0.05) is 30.9 Å². The second-order valence-corrected chi connectivity index (χ2v) is 5.53. The van der Waals surface area contributed by atoms with Gasteiger partial charge in [0.1, 0.15) is 0 Å². The molecule has 0 radical (unpaired) electrons. The van der Waals surface area contributed by atoms with Crippen LogP contribution in [-0.4, -0.2) is 37.6 Å². The van der Waals surface area contributed by atoms with E-state index >= 15 is 0 Å². The van der Waals surface area contributed by atoms with Gasteiger partial charge in [0.25, 0.3) is 0 Å². The van der Waals surface area contributed by atoms with Crippen LogP contribution in [-0.2, 0) is 11.3 Å². The molecule has 0 aromatic heterocycles. The van der Waals surface area contributed by atoms with E-state index in [0.29, 0.717) is 11.3 Å². The second kappa shape index (κ2) is 6.72. The van der Waals surface area contributed by atoms with Gasteiger partial charge >= 0.3 is 0 Å². The van der Waals surface area contributed by atoms with Gasteiger partial charge < -0.3 is 16.2 Å². The molecular weight excluding hydrogens is 254 g/mol. The highest BCUT2D eigenvalue weighted by Gasteiger charge is 2.20. The molecular formula is C15H23N3O2. The van der Waals surface area contributed by atoms with Crippen LogP contribution >= 0.6 is 0 Å². The van der Waals surface area contributed by atoms with Crippen LogP contribution in [0.2, 0.25) is 0 Å². The van der Waals surface area contributed by atoms with E-state index < -0.39 is 5.91 Å². The molecule has 0 unspecified atom stereocenters. The molecule has 20 heavy (non-hydrogen) atoms. The molecule has 1 saturated carbocycles. The first kappa shape index (κ1) is 14.8. The maximum Gasteiger partial charge on any atom is 0.248 e. The summed E-state index contributed by atoms with van der Waals surface area (Å²) in [7, 11) is 2.03. The van der Waals surface area contributed by atoms with Gasteiger partial charge in [0.15, 0.2) is 0 Å². The fourth-order valence-corrected chi connectivity index (χ4v) is 2.02. The highest BCUT2D eigenvalue weighted by molar-refractivity contribution is 5.93. The van der Waals surface area contributed by atoms with Crippen molar-refractivity contribution in [2.75, 3.05) is 32.5 Å². The molecule has 1 fully saturated rings. The van der Waals surface area contributed by atoms with E-state index in [0.717, 1.165) is 37.8 Å². The Labute approximate surface area is 119 Å². The predicted octanol–water partition coefficient (Wildman–Crippen LogP) is 1.23. The van der Waals surface area contributed by atoms with E-state index in [1.165, 1.54) is 12.8 Å². The predicted molar refractivity (Wildman–Crippen MR) is 79.2 cm³/mol. The number of likely N-dealkylation sites (N-methyl/N-ethyl adjacent to an activating group) is 1. The summed E-state index contributed by atoms with van der Waals surface area (Å²) in [6, 6.07) is 5.21. The van der Waals surface area contributed by atoms with Crippen LogP contribution in [0.3, 0.4) is 0 Å². The van der Waals surface area contributed by atoms with Crippen LogP contribution < -0.4 is 11.5 Å². The molecule has 0 heterocycles. The van der Waals surface area contributed by atoms with E-state index in [-0.39, 0.29) is 0 Å². The second-order valence-electron chi connectivity index (χ2n) is 5.53. The fraction of sp³-hybridized carbons (Fsp3) is 0.533. The number of nitrogen functional groups attached to an aromatic ring is 1. The van der Waals surface area contributed by atoms with Crippen molar-refractivity contribution in [3.8, 4) is 0 Å². The zero-order valence-electron chi connectivity index (χ0n) is 12.0. The van der Waals surface area contributed by atoms with Crippen LogP contribution in [0.1, 0.15) is 28.8 Å². The highest BCUT2D eigenvalue weighted by atomic mass is 16.5. The van der Waals surface area contributed by atoms with E-state index in [1.54, 1.807) is 12.1 Å². The van der Waals surface area contributed by atoms with Crippen LogP contribution in [0.25, 0.3) is 0 Å². The number of anilines is 1. The smallest absolute Gasteiger partial charge is 0.248 e. The molecule has 1 aromatic rings. The van der Waals surface area contributed by atoms with E-state index in [2.05, 4.69) is 4.90 Å². The first-order valence-electron chi connectivity index (χ1n) is 7.00. The molecule has 1 amide bonds. The van der Waals surface area contributed by atoms with E-state index in [9.17, 15) is 4.79 Å². The number of nitrogens with two attached hydrogens (primary N) is 2. The monoisotopic (exact) mass is 277 g/mol. The third kappa shape index (κ3) is 4.51. The summed E-state index contributed by atoms with van der Waals surface area (Å²) in [6.45, 7) is 3.23. The molecule has 2 rings (SSSR count). The van der Waals surface area contributed by atoms with Crippen molar-refractivity contribution in [2.45, 2.75) is 19.4 Å². The van der Waals surface area contributed by atoms with Crippen molar-refractivity contribution in [1.82, 2.24) is 4.90 Å². The standard InChI is InChI=1S/C15H23N3O2/c1-18(6-7-20-10-11-2-3-11)9-13-5-4-12(15(17)19)8-14(13)16/h4-5,8,11H,2-3,6-7,9-10,16H2,1H3,(H2,17,19). The summed E-state index contributed by atoms with van der Waals surface area (Å²) in [5, 5.41) is 0. The Kier molecular flexibility index (Phi) is 4.98. The normalized spacial score (nSPS) is 14.7. The molecule has 0 spiro atoms. The number of ether oxygens (including phenoxy) is 1. The fourth-order valence-electron chi connectivity index (χ4n) is 2.02. The molecule has 1 aromatic carbocycles.